The van der Waals surface area contributed by atoms with Crippen molar-refractivity contribution in [1.29, 1.82) is 0 Å². The Hall–Kier alpha value is -3.01. The Morgan fingerprint density at radius 1 is 1.24 bits per heavy atom. The van der Waals surface area contributed by atoms with E-state index in [2.05, 4.69) is 18.3 Å². The van der Waals surface area contributed by atoms with Crippen molar-refractivity contribution in [3.8, 4) is 0 Å². The topological polar surface area (TPSA) is 111 Å². The summed E-state index contributed by atoms with van der Waals surface area (Å²) < 4.78 is 31.1. The molecule has 0 spiro atoms. The molecule has 1 aliphatic heterocycles. The summed E-state index contributed by atoms with van der Waals surface area (Å²) in [5, 5.41) is 5.10. The summed E-state index contributed by atoms with van der Waals surface area (Å²) in [5.41, 5.74) is 2.14. The fourth-order valence-electron chi connectivity index (χ4n) is 4.19. The van der Waals surface area contributed by atoms with E-state index in [0.717, 1.165) is 18.5 Å². The maximum atomic E-state index is 13.1. The van der Waals surface area contributed by atoms with E-state index >= 15 is 0 Å². The van der Waals surface area contributed by atoms with Crippen LogP contribution in [-0.4, -0.2) is 71.2 Å². The predicted octanol–water partition coefficient (Wildman–Crippen LogP) is 2.33. The second-order valence-corrected chi connectivity index (χ2v) is 10.8. The van der Waals surface area contributed by atoms with Crippen molar-refractivity contribution in [3.05, 3.63) is 48.3 Å². The molecule has 2 aromatic heterocycles. The summed E-state index contributed by atoms with van der Waals surface area (Å²) in [4.78, 5) is 31.8. The zero-order valence-electron chi connectivity index (χ0n) is 18.7. The second-order valence-electron chi connectivity index (χ2n) is 8.61. The maximum absolute atomic E-state index is 13.1. The van der Waals surface area contributed by atoms with Crippen molar-refractivity contribution in [2.75, 3.05) is 31.2 Å². The number of ether oxygens (including phenoxy) is 1. The van der Waals surface area contributed by atoms with Gasteiger partial charge >= 0.3 is 5.97 Å². The van der Waals surface area contributed by atoms with Crippen LogP contribution in [0.4, 0.5) is 0 Å². The van der Waals surface area contributed by atoms with Gasteiger partial charge in [0.2, 0.25) is 0 Å². The summed E-state index contributed by atoms with van der Waals surface area (Å²) in [6.45, 7) is 9.28. The molecule has 1 saturated heterocycles. The van der Waals surface area contributed by atoms with Gasteiger partial charge in [0.05, 0.1) is 34.2 Å². The second kappa shape index (κ2) is 9.09. The Morgan fingerprint density at radius 2 is 1.94 bits per heavy atom. The minimum Gasteiger partial charge on any atom is -0.452 e. The number of carbonyl (C=O) groups excluding carboxylic acids is 2. The number of esters is 1. The van der Waals surface area contributed by atoms with Crippen LogP contribution in [0.15, 0.2) is 31.4 Å². The molecule has 10 heteroatoms. The minimum absolute atomic E-state index is 0.00921. The fourth-order valence-corrected chi connectivity index (χ4v) is 5.88. The third-order valence-corrected chi connectivity index (χ3v) is 7.76. The predicted molar refractivity (Wildman–Crippen MR) is 124 cm³/mol. The zero-order chi connectivity index (χ0) is 23.8. The number of aryl methyl sites for hydroxylation is 1. The van der Waals surface area contributed by atoms with Crippen LogP contribution < -0.4 is 0 Å². The molecule has 2 aliphatic rings. The van der Waals surface area contributed by atoms with Crippen molar-refractivity contribution in [2.45, 2.75) is 38.1 Å². The monoisotopic (exact) mass is 472 g/mol. The van der Waals surface area contributed by atoms with Crippen molar-refractivity contribution in [3.63, 3.8) is 0 Å². The van der Waals surface area contributed by atoms with Crippen LogP contribution >= 0.6 is 0 Å². The summed E-state index contributed by atoms with van der Waals surface area (Å²) in [6, 6.07) is 1.41. The average Bonchev–Trinajstić information content (AvgIpc) is 3.49. The van der Waals surface area contributed by atoms with E-state index in [4.69, 9.17) is 9.72 Å². The molecule has 1 amide bonds. The Bertz CT molecular complexity index is 1220. The van der Waals surface area contributed by atoms with Gasteiger partial charge in [-0.05, 0) is 32.3 Å². The molecule has 0 bridgehead atoms. The molecule has 2 aromatic rings. The lowest BCUT2D eigenvalue weighted by Crippen LogP contribution is -2.35. The number of rotatable bonds is 9. The number of sulfone groups is 1. The van der Waals surface area contributed by atoms with Crippen LogP contribution in [0.3, 0.4) is 0 Å². The normalized spacial score (nSPS) is 19.4. The van der Waals surface area contributed by atoms with E-state index in [9.17, 15) is 18.0 Å². The Kier molecular flexibility index (Phi) is 6.38. The molecule has 4 rings (SSSR count). The molecule has 1 atom stereocenters. The summed E-state index contributed by atoms with van der Waals surface area (Å²) in [7, 11) is -3.12. The van der Waals surface area contributed by atoms with Gasteiger partial charge in [-0.15, -0.1) is 13.2 Å². The molecule has 9 nitrogen and oxygen atoms in total. The van der Waals surface area contributed by atoms with E-state index in [0.29, 0.717) is 41.8 Å². The van der Waals surface area contributed by atoms with Gasteiger partial charge in [-0.2, -0.15) is 5.10 Å². The Labute approximate surface area is 193 Å². The molecule has 3 heterocycles. The van der Waals surface area contributed by atoms with E-state index in [1.807, 2.05) is 0 Å². The van der Waals surface area contributed by atoms with Gasteiger partial charge in [0.1, 0.15) is 0 Å². The Balaban J connectivity index is 1.65. The number of hydrogen-bond donors (Lipinski definition) is 0. The van der Waals surface area contributed by atoms with E-state index in [1.165, 1.54) is 4.90 Å². The quantitative estimate of drug-likeness (QED) is 0.407. The summed E-state index contributed by atoms with van der Waals surface area (Å²) in [6.07, 6.45) is 5.62. The van der Waals surface area contributed by atoms with Crippen molar-refractivity contribution in [2.24, 2.45) is 0 Å². The third kappa shape index (κ3) is 4.85. The first-order chi connectivity index (χ1) is 15.7. The van der Waals surface area contributed by atoms with Gasteiger partial charge in [-0.25, -0.2) is 22.9 Å². The van der Waals surface area contributed by atoms with Crippen molar-refractivity contribution < 1.29 is 22.7 Å². The number of carbonyl (C=O) groups is 2. The van der Waals surface area contributed by atoms with Gasteiger partial charge in [-0.3, -0.25) is 4.79 Å². The van der Waals surface area contributed by atoms with E-state index in [1.54, 1.807) is 29.8 Å². The van der Waals surface area contributed by atoms with E-state index < -0.39 is 22.4 Å². The highest BCUT2D eigenvalue weighted by Crippen LogP contribution is 2.41. The number of fused-ring (bicyclic) bond motifs is 1. The van der Waals surface area contributed by atoms with Gasteiger partial charge in [0, 0.05) is 24.7 Å². The molecular formula is C23H28N4O5S. The lowest BCUT2D eigenvalue weighted by atomic mass is 10.1. The zero-order valence-corrected chi connectivity index (χ0v) is 19.5. The number of nitrogens with zero attached hydrogens (tertiary/aromatic N) is 4. The molecular weight excluding hydrogens is 444 g/mol. The highest BCUT2D eigenvalue weighted by Gasteiger charge is 2.34. The van der Waals surface area contributed by atoms with Crippen LogP contribution in [0.2, 0.25) is 0 Å². The Morgan fingerprint density at radius 3 is 2.52 bits per heavy atom. The fraction of sp³-hybridized carbons (Fsp3) is 0.478. The highest BCUT2D eigenvalue weighted by atomic mass is 32.2. The van der Waals surface area contributed by atoms with Gasteiger partial charge in [0.15, 0.2) is 22.1 Å². The molecule has 1 saturated carbocycles. The van der Waals surface area contributed by atoms with Crippen LogP contribution in [0.25, 0.3) is 11.0 Å². The summed E-state index contributed by atoms with van der Waals surface area (Å²) >= 11 is 0. The molecule has 0 radical (unpaired) electrons. The molecule has 33 heavy (non-hydrogen) atoms. The van der Waals surface area contributed by atoms with Crippen LogP contribution in [0, 0.1) is 6.92 Å². The number of pyridine rings is 1. The van der Waals surface area contributed by atoms with Gasteiger partial charge in [0.25, 0.3) is 5.91 Å². The highest BCUT2D eigenvalue weighted by molar-refractivity contribution is 7.91. The van der Waals surface area contributed by atoms with Crippen LogP contribution in [0.1, 0.15) is 53.0 Å². The molecule has 176 valence electrons. The lowest BCUT2D eigenvalue weighted by molar-refractivity contribution is -0.133. The number of amides is 1. The lowest BCUT2D eigenvalue weighted by Gasteiger charge is -2.19. The SMILES string of the molecule is C=CCN(CC=C)C(=O)COC(=O)c1cc(C2CC2)nc2c1c(C)nn2C1CCS(=O)(=O)C1. The van der Waals surface area contributed by atoms with Crippen molar-refractivity contribution in [1.82, 2.24) is 19.7 Å². The standard InChI is InChI=1S/C23H28N4O5S/c1-4-9-26(10-5-2)20(28)13-32-23(29)18-12-19(16-6-7-16)24-22-21(18)15(3)25-27(22)17-8-11-33(30,31)14-17/h4-5,12,16-17H,1-2,6-11,13-14H2,3H3. The number of hydrogen-bond acceptors (Lipinski definition) is 7. The van der Waals surface area contributed by atoms with Crippen molar-refractivity contribution >= 4 is 32.7 Å². The minimum atomic E-state index is -3.12. The van der Waals surface area contributed by atoms with Crippen LogP contribution in [0.5, 0.6) is 0 Å². The third-order valence-electron chi connectivity index (χ3n) is 6.00. The average molecular weight is 473 g/mol. The molecule has 1 aliphatic carbocycles. The smallest absolute Gasteiger partial charge is 0.339 e. The molecule has 0 aromatic carbocycles. The van der Waals surface area contributed by atoms with Crippen LogP contribution in [-0.2, 0) is 19.4 Å². The first-order valence-corrected chi connectivity index (χ1v) is 12.8. The summed E-state index contributed by atoms with van der Waals surface area (Å²) in [5.74, 6) is -0.594. The molecule has 1 unspecified atom stereocenters. The molecule has 2 fully saturated rings. The van der Waals surface area contributed by atoms with Gasteiger partial charge in [-0.1, -0.05) is 12.2 Å². The van der Waals surface area contributed by atoms with E-state index in [-0.39, 0.29) is 29.4 Å². The molecule has 0 N–H and O–H groups in total. The largest absolute Gasteiger partial charge is 0.452 e. The number of aromatic nitrogens is 3. The first-order valence-electron chi connectivity index (χ1n) is 11.0. The van der Waals surface area contributed by atoms with Gasteiger partial charge < -0.3 is 9.64 Å². The maximum Gasteiger partial charge on any atom is 0.339 e. The first kappa shape index (κ1) is 23.2.